The molecule has 4 saturated carbocycles. The van der Waals surface area contributed by atoms with Gasteiger partial charge in [-0.1, -0.05) is 60.1 Å². The fourth-order valence-electron chi connectivity index (χ4n) is 10.8. The number of allylic oxidation sites excluding steroid dienone is 2. The third-order valence-electron chi connectivity index (χ3n) is 13.4. The van der Waals surface area contributed by atoms with E-state index in [4.69, 9.17) is 0 Å². The van der Waals surface area contributed by atoms with Crippen molar-refractivity contribution in [2.75, 3.05) is 0 Å². The number of fused-ring (bicyclic) bond motifs is 7. The second-order valence-electron chi connectivity index (χ2n) is 14.5. The summed E-state index contributed by atoms with van der Waals surface area (Å²) in [6.45, 7) is 17.0. The van der Waals surface area contributed by atoms with E-state index >= 15 is 0 Å². The zero-order valence-corrected chi connectivity index (χ0v) is 22.2. The maximum atomic E-state index is 12.8. The maximum Gasteiger partial charge on any atom is 0.310 e. The van der Waals surface area contributed by atoms with Crippen LogP contribution in [-0.4, -0.2) is 22.3 Å². The summed E-state index contributed by atoms with van der Waals surface area (Å²) < 4.78 is 0. The van der Waals surface area contributed by atoms with E-state index in [1.54, 1.807) is 0 Å². The third-order valence-corrected chi connectivity index (χ3v) is 13.4. The summed E-state index contributed by atoms with van der Waals surface area (Å²) in [6.07, 6.45) is 11.6. The Balaban J connectivity index is 1.61. The van der Waals surface area contributed by atoms with Gasteiger partial charge in [0.25, 0.3) is 0 Å². The molecule has 5 aliphatic rings. The number of aliphatic carboxylic acids is 1. The zero-order chi connectivity index (χ0) is 24.2. The molecule has 10 atom stereocenters. The van der Waals surface area contributed by atoms with Crippen LogP contribution in [0.5, 0.6) is 0 Å². The van der Waals surface area contributed by atoms with Gasteiger partial charge < -0.3 is 10.2 Å². The molecular weight excluding hydrogens is 408 g/mol. The first kappa shape index (κ1) is 23.9. The van der Waals surface area contributed by atoms with E-state index in [-0.39, 0.29) is 33.7 Å². The highest BCUT2D eigenvalue weighted by Gasteiger charge is 2.69. The van der Waals surface area contributed by atoms with Gasteiger partial charge in [-0.25, -0.2) is 0 Å². The van der Waals surface area contributed by atoms with E-state index in [1.807, 2.05) is 0 Å². The summed E-state index contributed by atoms with van der Waals surface area (Å²) >= 11 is 0. The molecule has 0 radical (unpaired) electrons. The molecule has 3 heteroatoms. The van der Waals surface area contributed by atoms with Gasteiger partial charge in [0.2, 0.25) is 0 Å². The Bertz CT molecular complexity index is 874. The first-order valence-corrected chi connectivity index (χ1v) is 13.9. The van der Waals surface area contributed by atoms with Crippen molar-refractivity contribution in [1.29, 1.82) is 0 Å². The zero-order valence-electron chi connectivity index (χ0n) is 22.2. The van der Waals surface area contributed by atoms with E-state index in [2.05, 4.69) is 54.5 Å². The van der Waals surface area contributed by atoms with Gasteiger partial charge in [0.15, 0.2) is 0 Å². The Morgan fingerprint density at radius 3 is 2.27 bits per heavy atom. The van der Waals surface area contributed by atoms with Crippen LogP contribution in [0.3, 0.4) is 0 Å². The molecule has 0 heterocycles. The Morgan fingerprint density at radius 2 is 1.61 bits per heavy atom. The Morgan fingerprint density at radius 1 is 0.909 bits per heavy atom. The topological polar surface area (TPSA) is 57.5 Å². The predicted octanol–water partition coefficient (Wildman–Crippen LogP) is 7.09. The van der Waals surface area contributed by atoms with Gasteiger partial charge in [0.1, 0.15) is 0 Å². The molecule has 3 nitrogen and oxygen atoms in total. The molecule has 2 N–H and O–H groups in total. The monoisotopic (exact) mass is 456 g/mol. The molecule has 0 saturated heterocycles. The van der Waals surface area contributed by atoms with Crippen molar-refractivity contribution in [1.82, 2.24) is 0 Å². The molecule has 0 amide bonds. The molecule has 0 unspecified atom stereocenters. The number of aliphatic hydroxyl groups is 1. The fraction of sp³-hybridized carbons (Fsp3) is 0.900. The summed E-state index contributed by atoms with van der Waals surface area (Å²) in [5, 5.41) is 21.4. The number of hydrogen-bond donors (Lipinski definition) is 2. The van der Waals surface area contributed by atoms with Gasteiger partial charge in [-0.15, -0.1) is 0 Å². The van der Waals surface area contributed by atoms with Crippen LogP contribution in [0, 0.1) is 56.7 Å². The molecule has 186 valence electrons. The van der Waals surface area contributed by atoms with Gasteiger partial charge in [0.05, 0.1) is 11.5 Å². The van der Waals surface area contributed by atoms with E-state index < -0.39 is 11.4 Å². The van der Waals surface area contributed by atoms with E-state index in [9.17, 15) is 15.0 Å². The SMILES string of the molecule is C[C@H]1[C@H](C)CC[C@]2(C(=O)O)CC[C@]3(C)C(=CC[C@@H]4[C@]5(C)CC[C@@H](O)C(C)(C)[C@@H]5CC[C@@]43C)[C@H]12. The van der Waals surface area contributed by atoms with E-state index in [1.165, 1.54) is 18.4 Å². The molecule has 5 aliphatic carbocycles. The molecule has 0 bridgehead atoms. The minimum Gasteiger partial charge on any atom is -0.481 e. The fourth-order valence-corrected chi connectivity index (χ4v) is 10.8. The number of carboxylic acid groups (broad SMARTS) is 1. The molecule has 0 aliphatic heterocycles. The van der Waals surface area contributed by atoms with Crippen LogP contribution in [0.1, 0.15) is 106 Å². The Hall–Kier alpha value is -0.830. The summed E-state index contributed by atoms with van der Waals surface area (Å²) in [5.41, 5.74) is 1.46. The van der Waals surface area contributed by atoms with Crippen molar-refractivity contribution < 1.29 is 15.0 Å². The first-order chi connectivity index (χ1) is 15.3. The lowest BCUT2D eigenvalue weighted by Gasteiger charge is -2.71. The van der Waals surface area contributed by atoms with Crippen molar-refractivity contribution in [2.24, 2.45) is 56.7 Å². The van der Waals surface area contributed by atoms with Crippen LogP contribution in [0.25, 0.3) is 0 Å². The van der Waals surface area contributed by atoms with Crippen molar-refractivity contribution >= 4 is 5.97 Å². The lowest BCUT2D eigenvalue weighted by Crippen LogP contribution is -2.65. The van der Waals surface area contributed by atoms with Crippen LogP contribution < -0.4 is 0 Å². The highest BCUT2D eigenvalue weighted by Crippen LogP contribution is 2.75. The molecule has 0 spiro atoms. The molecular formula is C30H48O3. The van der Waals surface area contributed by atoms with E-state index in [0.29, 0.717) is 23.7 Å². The number of aliphatic hydroxyl groups excluding tert-OH is 1. The minimum absolute atomic E-state index is 0.0302. The van der Waals surface area contributed by atoms with E-state index in [0.717, 1.165) is 44.9 Å². The van der Waals surface area contributed by atoms with Gasteiger partial charge in [-0.05, 0) is 109 Å². The van der Waals surface area contributed by atoms with Crippen LogP contribution in [-0.2, 0) is 4.79 Å². The minimum atomic E-state index is -0.557. The average molecular weight is 457 g/mol. The van der Waals surface area contributed by atoms with Gasteiger partial charge >= 0.3 is 5.97 Å². The summed E-state index contributed by atoms with van der Waals surface area (Å²) in [4.78, 5) is 12.8. The van der Waals surface area contributed by atoms with Crippen LogP contribution in [0.2, 0.25) is 0 Å². The van der Waals surface area contributed by atoms with Gasteiger partial charge in [0, 0.05) is 0 Å². The Labute approximate surface area is 201 Å². The molecule has 5 rings (SSSR count). The van der Waals surface area contributed by atoms with Crippen molar-refractivity contribution in [2.45, 2.75) is 112 Å². The highest BCUT2D eigenvalue weighted by molar-refractivity contribution is 5.76. The average Bonchev–Trinajstić information content (AvgIpc) is 2.74. The largest absolute Gasteiger partial charge is 0.481 e. The van der Waals surface area contributed by atoms with Crippen LogP contribution >= 0.6 is 0 Å². The Kier molecular flexibility index (Phi) is 5.15. The van der Waals surface area contributed by atoms with Crippen LogP contribution in [0.4, 0.5) is 0 Å². The smallest absolute Gasteiger partial charge is 0.310 e. The van der Waals surface area contributed by atoms with Crippen molar-refractivity contribution in [3.05, 3.63) is 11.6 Å². The quantitative estimate of drug-likeness (QED) is 0.414. The number of rotatable bonds is 1. The molecule has 33 heavy (non-hydrogen) atoms. The lowest BCUT2D eigenvalue weighted by molar-refractivity contribution is -0.206. The third kappa shape index (κ3) is 2.75. The lowest BCUT2D eigenvalue weighted by atomic mass is 9.33. The number of hydrogen-bond acceptors (Lipinski definition) is 2. The molecule has 4 fully saturated rings. The summed E-state index contributed by atoms with van der Waals surface area (Å²) in [6, 6.07) is 0. The second kappa shape index (κ2) is 7.11. The predicted molar refractivity (Wildman–Crippen MR) is 133 cm³/mol. The van der Waals surface area contributed by atoms with Crippen molar-refractivity contribution in [3.63, 3.8) is 0 Å². The number of carboxylic acids is 1. The molecule has 0 aromatic heterocycles. The normalized spacial score (nSPS) is 55.3. The molecule has 0 aromatic carbocycles. The first-order valence-electron chi connectivity index (χ1n) is 13.9. The second-order valence-corrected chi connectivity index (χ2v) is 14.5. The number of carbonyl (C=O) groups is 1. The summed E-state index contributed by atoms with van der Waals surface area (Å²) in [5.74, 6) is 1.82. The van der Waals surface area contributed by atoms with Gasteiger partial charge in [-0.3, -0.25) is 4.79 Å². The van der Waals surface area contributed by atoms with Crippen molar-refractivity contribution in [3.8, 4) is 0 Å². The highest BCUT2D eigenvalue weighted by atomic mass is 16.4. The summed E-state index contributed by atoms with van der Waals surface area (Å²) in [7, 11) is 0. The standard InChI is InChI=1S/C30H48O3/c1-18-10-15-30(25(32)33)17-16-28(6)20(24(30)19(18)2)8-9-22-27(5)13-12-23(31)26(3,4)21(27)11-14-29(22,28)7/h8,18-19,21-24,31H,9-17H2,1-7H3,(H,32,33)/t18-,19+,21+,22-,23-,24+,27-,28-,29+,30+/m1/s1. The van der Waals surface area contributed by atoms with Crippen LogP contribution in [0.15, 0.2) is 11.6 Å². The molecule has 0 aromatic rings. The maximum absolute atomic E-state index is 12.8. The van der Waals surface area contributed by atoms with Gasteiger partial charge in [-0.2, -0.15) is 0 Å².